The summed E-state index contributed by atoms with van der Waals surface area (Å²) in [5.41, 5.74) is 4.00. The Bertz CT molecular complexity index is 1140. The number of amides is 1. The number of hydrogen-bond acceptors (Lipinski definition) is 4. The molecular formula is C22H17ClN2O3. The molecule has 4 rings (SSSR count). The minimum absolute atomic E-state index is 0.107. The summed E-state index contributed by atoms with van der Waals surface area (Å²) in [6, 6.07) is 20.1. The Morgan fingerprint density at radius 2 is 1.93 bits per heavy atom. The molecule has 0 atom stereocenters. The lowest BCUT2D eigenvalue weighted by molar-refractivity contribution is -0.118. The number of nitrogens with zero attached hydrogens (tertiary/aromatic N) is 1. The van der Waals surface area contributed by atoms with Crippen molar-refractivity contribution in [2.75, 3.05) is 11.9 Å². The maximum atomic E-state index is 12.1. The van der Waals surface area contributed by atoms with E-state index in [2.05, 4.69) is 10.3 Å². The predicted octanol–water partition coefficient (Wildman–Crippen LogP) is 5.47. The number of oxazole rings is 1. The fraction of sp³-hybridized carbons (Fsp3) is 0.0909. The lowest BCUT2D eigenvalue weighted by Gasteiger charge is -2.07. The largest absolute Gasteiger partial charge is 0.484 e. The van der Waals surface area contributed by atoms with Crippen molar-refractivity contribution in [2.24, 2.45) is 0 Å². The fourth-order valence-corrected chi connectivity index (χ4v) is 2.91. The summed E-state index contributed by atoms with van der Waals surface area (Å²) in [7, 11) is 0. The highest BCUT2D eigenvalue weighted by atomic mass is 35.5. The fourth-order valence-electron chi connectivity index (χ4n) is 2.78. The number of ether oxygens (including phenoxy) is 1. The third-order valence-electron chi connectivity index (χ3n) is 4.12. The highest BCUT2D eigenvalue weighted by Gasteiger charge is 2.10. The van der Waals surface area contributed by atoms with E-state index in [-0.39, 0.29) is 12.5 Å². The molecule has 1 aromatic heterocycles. The van der Waals surface area contributed by atoms with Gasteiger partial charge in [0.25, 0.3) is 5.91 Å². The van der Waals surface area contributed by atoms with Crippen LogP contribution in [0.4, 0.5) is 5.69 Å². The Morgan fingerprint density at radius 1 is 1.11 bits per heavy atom. The van der Waals surface area contributed by atoms with Crippen LogP contribution in [0.5, 0.6) is 5.75 Å². The lowest BCUT2D eigenvalue weighted by Crippen LogP contribution is -2.20. The second kappa shape index (κ2) is 7.74. The van der Waals surface area contributed by atoms with Crippen molar-refractivity contribution >= 4 is 34.3 Å². The summed E-state index contributed by atoms with van der Waals surface area (Å²) in [5.74, 6) is 0.856. The van der Waals surface area contributed by atoms with Crippen LogP contribution in [0.1, 0.15) is 5.56 Å². The number of nitrogens with one attached hydrogen (secondary N) is 1. The van der Waals surface area contributed by atoms with Crippen LogP contribution in [0.15, 0.2) is 71.1 Å². The summed E-state index contributed by atoms with van der Waals surface area (Å²) in [6.45, 7) is 1.91. The molecule has 1 N–H and O–H groups in total. The van der Waals surface area contributed by atoms with E-state index in [1.165, 1.54) is 0 Å². The SMILES string of the molecule is Cc1cccc(-c2nc3ccc(NC(=O)COc4ccc(Cl)cc4)cc3o2)c1. The zero-order valence-corrected chi connectivity index (χ0v) is 15.9. The molecule has 1 heterocycles. The van der Waals surface area contributed by atoms with Crippen molar-refractivity contribution in [2.45, 2.75) is 6.92 Å². The van der Waals surface area contributed by atoms with Gasteiger partial charge in [0.05, 0.1) is 0 Å². The molecule has 4 aromatic rings. The minimum Gasteiger partial charge on any atom is -0.484 e. The third kappa shape index (κ3) is 4.15. The summed E-state index contributed by atoms with van der Waals surface area (Å²) >= 11 is 5.83. The van der Waals surface area contributed by atoms with Crippen LogP contribution in [0.2, 0.25) is 5.02 Å². The number of benzene rings is 3. The number of carbonyl (C=O) groups is 1. The summed E-state index contributed by atoms with van der Waals surface area (Å²) in [6.07, 6.45) is 0. The van der Waals surface area contributed by atoms with E-state index < -0.39 is 0 Å². The van der Waals surface area contributed by atoms with Crippen LogP contribution in [0.25, 0.3) is 22.6 Å². The van der Waals surface area contributed by atoms with E-state index in [1.807, 2.05) is 37.3 Å². The molecule has 0 bridgehead atoms. The third-order valence-corrected chi connectivity index (χ3v) is 4.37. The molecule has 0 aliphatic heterocycles. The molecule has 0 aliphatic carbocycles. The zero-order chi connectivity index (χ0) is 19.5. The maximum Gasteiger partial charge on any atom is 0.262 e. The van der Waals surface area contributed by atoms with E-state index >= 15 is 0 Å². The molecule has 6 heteroatoms. The summed E-state index contributed by atoms with van der Waals surface area (Å²) < 4.78 is 11.3. The molecule has 0 spiro atoms. The normalized spacial score (nSPS) is 10.8. The Labute approximate surface area is 166 Å². The molecule has 0 unspecified atom stereocenters. The summed E-state index contributed by atoms with van der Waals surface area (Å²) in [4.78, 5) is 16.7. The van der Waals surface area contributed by atoms with Gasteiger partial charge < -0.3 is 14.5 Å². The van der Waals surface area contributed by atoms with Crippen LogP contribution in [0, 0.1) is 6.92 Å². The number of halogens is 1. The van der Waals surface area contributed by atoms with E-state index in [0.29, 0.717) is 27.9 Å². The maximum absolute atomic E-state index is 12.1. The first kappa shape index (κ1) is 18.1. The van der Waals surface area contributed by atoms with Gasteiger partial charge in [0, 0.05) is 22.3 Å². The van der Waals surface area contributed by atoms with E-state index in [4.69, 9.17) is 20.8 Å². The van der Waals surface area contributed by atoms with Gasteiger partial charge in [0.15, 0.2) is 12.2 Å². The van der Waals surface area contributed by atoms with Crippen LogP contribution in [-0.4, -0.2) is 17.5 Å². The van der Waals surface area contributed by atoms with Gasteiger partial charge in [-0.15, -0.1) is 0 Å². The van der Waals surface area contributed by atoms with Crippen molar-refractivity contribution in [1.29, 1.82) is 0 Å². The topological polar surface area (TPSA) is 64.4 Å². The van der Waals surface area contributed by atoms with E-state index in [1.54, 1.807) is 36.4 Å². The Balaban J connectivity index is 1.45. The van der Waals surface area contributed by atoms with Gasteiger partial charge in [-0.25, -0.2) is 4.98 Å². The average molecular weight is 393 g/mol. The molecule has 0 radical (unpaired) electrons. The number of carbonyl (C=O) groups excluding carboxylic acids is 1. The Morgan fingerprint density at radius 3 is 2.71 bits per heavy atom. The molecular weight excluding hydrogens is 376 g/mol. The van der Waals surface area contributed by atoms with Gasteiger partial charge in [-0.3, -0.25) is 4.79 Å². The van der Waals surface area contributed by atoms with Crippen molar-refractivity contribution in [3.63, 3.8) is 0 Å². The second-order valence-corrected chi connectivity index (χ2v) is 6.80. The number of hydrogen-bond donors (Lipinski definition) is 1. The van der Waals surface area contributed by atoms with Gasteiger partial charge >= 0.3 is 0 Å². The number of aromatic nitrogens is 1. The first-order valence-electron chi connectivity index (χ1n) is 8.73. The van der Waals surface area contributed by atoms with Crippen LogP contribution >= 0.6 is 11.6 Å². The average Bonchev–Trinajstić information content (AvgIpc) is 3.11. The molecule has 0 saturated heterocycles. The number of rotatable bonds is 5. The Hall–Kier alpha value is -3.31. The molecule has 140 valence electrons. The molecule has 0 saturated carbocycles. The number of aryl methyl sites for hydroxylation is 1. The van der Waals surface area contributed by atoms with Gasteiger partial charge in [-0.05, 0) is 55.5 Å². The van der Waals surface area contributed by atoms with Gasteiger partial charge in [0.2, 0.25) is 5.89 Å². The van der Waals surface area contributed by atoms with E-state index in [9.17, 15) is 4.79 Å². The van der Waals surface area contributed by atoms with Crippen LogP contribution in [0.3, 0.4) is 0 Å². The van der Waals surface area contributed by atoms with Gasteiger partial charge in [-0.2, -0.15) is 0 Å². The highest BCUT2D eigenvalue weighted by Crippen LogP contribution is 2.26. The standard InChI is InChI=1S/C22H17ClN2O3/c1-14-3-2-4-15(11-14)22-25-19-10-7-17(12-20(19)28-22)24-21(26)13-27-18-8-5-16(23)6-9-18/h2-12H,13H2,1H3,(H,24,26). The van der Waals surface area contributed by atoms with Crippen molar-refractivity contribution in [1.82, 2.24) is 4.98 Å². The van der Waals surface area contributed by atoms with E-state index in [0.717, 1.165) is 16.6 Å². The van der Waals surface area contributed by atoms with Crippen molar-refractivity contribution < 1.29 is 13.9 Å². The number of fused-ring (bicyclic) bond motifs is 1. The molecule has 1 amide bonds. The van der Waals surface area contributed by atoms with Crippen molar-refractivity contribution in [3.05, 3.63) is 77.3 Å². The number of anilines is 1. The molecule has 0 fully saturated rings. The molecule has 0 aliphatic rings. The monoisotopic (exact) mass is 392 g/mol. The predicted molar refractivity (Wildman–Crippen MR) is 110 cm³/mol. The molecule has 3 aromatic carbocycles. The highest BCUT2D eigenvalue weighted by molar-refractivity contribution is 6.30. The Kier molecular flexibility index (Phi) is 5.00. The van der Waals surface area contributed by atoms with Gasteiger partial charge in [-0.1, -0.05) is 29.3 Å². The van der Waals surface area contributed by atoms with Crippen LogP contribution < -0.4 is 10.1 Å². The first-order chi connectivity index (χ1) is 13.6. The van der Waals surface area contributed by atoms with Crippen LogP contribution in [-0.2, 0) is 4.79 Å². The smallest absolute Gasteiger partial charge is 0.262 e. The zero-order valence-electron chi connectivity index (χ0n) is 15.1. The second-order valence-electron chi connectivity index (χ2n) is 6.36. The van der Waals surface area contributed by atoms with Gasteiger partial charge in [0.1, 0.15) is 11.3 Å². The quantitative estimate of drug-likeness (QED) is 0.488. The minimum atomic E-state index is -0.271. The van der Waals surface area contributed by atoms with Crippen molar-refractivity contribution in [3.8, 4) is 17.2 Å². The summed E-state index contributed by atoms with van der Waals surface area (Å²) in [5, 5.41) is 3.41. The molecule has 5 nitrogen and oxygen atoms in total. The first-order valence-corrected chi connectivity index (χ1v) is 9.10. The molecule has 28 heavy (non-hydrogen) atoms. The lowest BCUT2D eigenvalue weighted by atomic mass is 10.1.